The van der Waals surface area contributed by atoms with Gasteiger partial charge in [0.1, 0.15) is 6.61 Å². The Morgan fingerprint density at radius 2 is 1.88 bits per heavy atom. The van der Waals surface area contributed by atoms with Gasteiger partial charge in [-0.1, -0.05) is 30.3 Å². The molecule has 1 saturated heterocycles. The summed E-state index contributed by atoms with van der Waals surface area (Å²) in [5.74, 6) is 0.364. The lowest BCUT2D eigenvalue weighted by Gasteiger charge is -2.37. The van der Waals surface area contributed by atoms with Crippen molar-refractivity contribution in [1.82, 2.24) is 10.3 Å². The molecule has 1 amide bonds. The molecular weight excluding hydrogens is 330 g/mol. The summed E-state index contributed by atoms with van der Waals surface area (Å²) in [6.07, 6.45) is 4.60. The third-order valence-electron chi connectivity index (χ3n) is 5.59. The fourth-order valence-electron chi connectivity index (χ4n) is 3.80. The quantitative estimate of drug-likeness (QED) is 0.821. The number of nitrogens with zero attached hydrogens (tertiary/aromatic N) is 2. The first-order chi connectivity index (χ1) is 12.7. The van der Waals surface area contributed by atoms with Crippen molar-refractivity contribution in [2.24, 2.45) is 16.9 Å². The molecule has 1 unspecified atom stereocenters. The van der Waals surface area contributed by atoms with Crippen LogP contribution in [0, 0.1) is 11.8 Å². The zero-order chi connectivity index (χ0) is 17.9. The highest BCUT2D eigenvalue weighted by atomic mass is 16.5. The van der Waals surface area contributed by atoms with Gasteiger partial charge in [-0.05, 0) is 50.3 Å². The molecule has 1 aromatic rings. The van der Waals surface area contributed by atoms with Crippen LogP contribution in [0.25, 0.3) is 0 Å². The lowest BCUT2D eigenvalue weighted by atomic mass is 9.94. The molecule has 26 heavy (non-hydrogen) atoms. The van der Waals surface area contributed by atoms with E-state index in [9.17, 15) is 9.59 Å². The van der Waals surface area contributed by atoms with Gasteiger partial charge in [0.2, 0.25) is 0 Å². The molecule has 4 rings (SSSR count). The first-order valence-electron chi connectivity index (χ1n) is 9.51. The Morgan fingerprint density at radius 3 is 2.58 bits per heavy atom. The van der Waals surface area contributed by atoms with Crippen molar-refractivity contribution in [3.05, 3.63) is 35.9 Å². The fraction of sp³-hybridized carbons (Fsp3) is 0.550. The topological polar surface area (TPSA) is 71.0 Å². The summed E-state index contributed by atoms with van der Waals surface area (Å²) < 4.78 is 5.47. The van der Waals surface area contributed by atoms with Crippen LogP contribution < -0.4 is 5.43 Å². The third kappa shape index (κ3) is 3.96. The van der Waals surface area contributed by atoms with E-state index in [4.69, 9.17) is 4.74 Å². The number of nitrogens with one attached hydrogen (secondary N) is 1. The molecule has 1 N–H and O–H groups in total. The number of likely N-dealkylation sites (tertiary alicyclic amines) is 1. The van der Waals surface area contributed by atoms with Gasteiger partial charge in [0.05, 0.1) is 12.0 Å². The van der Waals surface area contributed by atoms with Crippen molar-refractivity contribution in [3.8, 4) is 0 Å². The van der Waals surface area contributed by atoms with Crippen LogP contribution in [0.15, 0.2) is 35.4 Å². The molecule has 2 heterocycles. The summed E-state index contributed by atoms with van der Waals surface area (Å²) >= 11 is 0. The molecule has 1 aliphatic carbocycles. The van der Waals surface area contributed by atoms with E-state index in [2.05, 4.69) is 15.4 Å². The van der Waals surface area contributed by atoms with Crippen LogP contribution in [-0.2, 0) is 20.9 Å². The van der Waals surface area contributed by atoms with Gasteiger partial charge in [0, 0.05) is 12.1 Å². The Kier molecular flexibility index (Phi) is 5.02. The van der Waals surface area contributed by atoms with E-state index in [1.54, 1.807) is 0 Å². The number of amides is 1. The lowest BCUT2D eigenvalue weighted by molar-refractivity contribution is -0.151. The molecule has 138 valence electrons. The average Bonchev–Trinajstić information content (AvgIpc) is 3.53. The van der Waals surface area contributed by atoms with E-state index in [0.717, 1.165) is 43.6 Å². The van der Waals surface area contributed by atoms with Gasteiger partial charge in [-0.2, -0.15) is 5.10 Å². The molecule has 1 aromatic carbocycles. The van der Waals surface area contributed by atoms with Gasteiger partial charge in [0.25, 0.3) is 5.91 Å². The predicted molar refractivity (Wildman–Crippen MR) is 97.2 cm³/mol. The second-order valence-corrected chi connectivity index (χ2v) is 7.48. The van der Waals surface area contributed by atoms with E-state index >= 15 is 0 Å². The van der Waals surface area contributed by atoms with Gasteiger partial charge in [-0.15, -0.1) is 0 Å². The maximum Gasteiger partial charge on any atom is 0.309 e. The van der Waals surface area contributed by atoms with Crippen molar-refractivity contribution >= 4 is 17.6 Å². The summed E-state index contributed by atoms with van der Waals surface area (Å²) in [6.45, 7) is 1.83. The maximum absolute atomic E-state index is 12.3. The monoisotopic (exact) mass is 355 g/mol. The van der Waals surface area contributed by atoms with Gasteiger partial charge in [-0.3, -0.25) is 14.5 Å². The largest absolute Gasteiger partial charge is 0.461 e. The minimum atomic E-state index is -0.135. The second kappa shape index (κ2) is 7.58. The van der Waals surface area contributed by atoms with Gasteiger partial charge in [-0.25, -0.2) is 5.43 Å². The second-order valence-electron chi connectivity index (χ2n) is 7.48. The number of hydrazone groups is 1. The summed E-state index contributed by atoms with van der Waals surface area (Å²) in [5.41, 5.74) is 4.83. The SMILES string of the molecule is O=C(OCc1ccccc1)C1CCN(C2CC(C3CC3)=NNC2=O)CC1. The number of piperidine rings is 1. The van der Waals surface area contributed by atoms with Crippen LogP contribution in [-0.4, -0.2) is 41.6 Å². The Balaban J connectivity index is 1.26. The fourth-order valence-corrected chi connectivity index (χ4v) is 3.80. The summed E-state index contributed by atoms with van der Waals surface area (Å²) in [6, 6.07) is 9.60. The number of carbonyl (C=O) groups excluding carboxylic acids is 2. The van der Waals surface area contributed by atoms with E-state index in [0.29, 0.717) is 12.5 Å². The minimum Gasteiger partial charge on any atom is -0.461 e. The Labute approximate surface area is 153 Å². The highest BCUT2D eigenvalue weighted by molar-refractivity contribution is 5.98. The molecule has 0 spiro atoms. The predicted octanol–water partition coefficient (Wildman–Crippen LogP) is 2.10. The number of esters is 1. The molecule has 6 heteroatoms. The van der Waals surface area contributed by atoms with Crippen molar-refractivity contribution in [1.29, 1.82) is 0 Å². The molecule has 0 aromatic heterocycles. The van der Waals surface area contributed by atoms with Gasteiger partial charge in [0.15, 0.2) is 0 Å². The van der Waals surface area contributed by atoms with E-state index in [1.807, 2.05) is 30.3 Å². The number of hydrogen-bond acceptors (Lipinski definition) is 5. The van der Waals surface area contributed by atoms with Crippen LogP contribution in [0.3, 0.4) is 0 Å². The first kappa shape index (κ1) is 17.2. The molecule has 0 radical (unpaired) electrons. The van der Waals surface area contributed by atoms with E-state index < -0.39 is 0 Å². The summed E-state index contributed by atoms with van der Waals surface area (Å²) in [5, 5.41) is 4.23. The van der Waals surface area contributed by atoms with Crippen LogP contribution >= 0.6 is 0 Å². The number of benzene rings is 1. The first-order valence-corrected chi connectivity index (χ1v) is 9.51. The standard InChI is InChI=1S/C20H25N3O3/c24-19-18(12-17(21-22-19)15-6-7-15)23-10-8-16(9-11-23)20(25)26-13-14-4-2-1-3-5-14/h1-5,15-16,18H,6-13H2,(H,22,24). The van der Waals surface area contributed by atoms with Crippen molar-refractivity contribution < 1.29 is 14.3 Å². The highest BCUT2D eigenvalue weighted by Crippen LogP contribution is 2.34. The molecule has 2 aliphatic heterocycles. The van der Waals surface area contributed by atoms with E-state index in [-0.39, 0.29) is 23.8 Å². The Bertz CT molecular complexity index is 692. The number of carbonyl (C=O) groups is 2. The lowest BCUT2D eigenvalue weighted by Crippen LogP contribution is -2.52. The van der Waals surface area contributed by atoms with Gasteiger partial charge < -0.3 is 4.74 Å². The molecular formula is C20H25N3O3. The molecule has 0 bridgehead atoms. The van der Waals surface area contributed by atoms with Crippen LogP contribution in [0.2, 0.25) is 0 Å². The molecule has 3 aliphatic rings. The summed E-state index contributed by atoms with van der Waals surface area (Å²) in [7, 11) is 0. The zero-order valence-electron chi connectivity index (χ0n) is 14.9. The number of ether oxygens (including phenoxy) is 1. The molecule has 6 nitrogen and oxygen atoms in total. The Hall–Kier alpha value is -2.21. The smallest absolute Gasteiger partial charge is 0.309 e. The van der Waals surface area contributed by atoms with Crippen molar-refractivity contribution in [3.63, 3.8) is 0 Å². The van der Waals surface area contributed by atoms with Crippen LogP contribution in [0.5, 0.6) is 0 Å². The minimum absolute atomic E-state index is 0.0143. The highest BCUT2D eigenvalue weighted by Gasteiger charge is 2.38. The molecule has 1 saturated carbocycles. The molecule has 2 fully saturated rings. The number of rotatable bonds is 5. The van der Waals surface area contributed by atoms with E-state index in [1.165, 1.54) is 12.8 Å². The average molecular weight is 355 g/mol. The van der Waals surface area contributed by atoms with Crippen molar-refractivity contribution in [2.45, 2.75) is 44.8 Å². The number of hydrogen-bond donors (Lipinski definition) is 1. The Morgan fingerprint density at radius 1 is 1.15 bits per heavy atom. The van der Waals surface area contributed by atoms with Crippen LogP contribution in [0.1, 0.15) is 37.7 Å². The van der Waals surface area contributed by atoms with Crippen LogP contribution in [0.4, 0.5) is 0 Å². The third-order valence-corrected chi connectivity index (χ3v) is 5.59. The zero-order valence-corrected chi connectivity index (χ0v) is 14.9. The normalized spacial score (nSPS) is 24.7. The van der Waals surface area contributed by atoms with Gasteiger partial charge >= 0.3 is 5.97 Å². The maximum atomic E-state index is 12.3. The summed E-state index contributed by atoms with van der Waals surface area (Å²) in [4.78, 5) is 26.7. The molecule has 1 atom stereocenters. The van der Waals surface area contributed by atoms with Crippen molar-refractivity contribution in [2.75, 3.05) is 13.1 Å².